The number of hydrogen-bond donors (Lipinski definition) is 2. The number of nitrogens with zero attached hydrogens (tertiary/aromatic N) is 3. The van der Waals surface area contributed by atoms with Crippen LogP contribution in [0.4, 0.5) is 0 Å². The third-order valence-electron chi connectivity index (χ3n) is 3.21. The van der Waals surface area contributed by atoms with Crippen molar-refractivity contribution < 1.29 is 19.8 Å². The first-order valence-electron chi connectivity index (χ1n) is 6.95. The average Bonchev–Trinajstić information content (AvgIpc) is 2.38. The van der Waals surface area contributed by atoms with Crippen LogP contribution >= 0.6 is 0 Å². The van der Waals surface area contributed by atoms with Crippen molar-refractivity contribution in [1.29, 1.82) is 0 Å². The normalized spacial score (nSPS) is 11.5. The lowest BCUT2D eigenvalue weighted by atomic mass is 10.4. The molecule has 0 rings (SSSR count). The van der Waals surface area contributed by atoms with Crippen molar-refractivity contribution in [1.82, 2.24) is 14.7 Å². The highest BCUT2D eigenvalue weighted by Gasteiger charge is 2.11. The van der Waals surface area contributed by atoms with Crippen LogP contribution in [-0.2, 0) is 9.59 Å². The van der Waals surface area contributed by atoms with Gasteiger partial charge in [0.05, 0.1) is 13.1 Å². The molecule has 118 valence electrons. The lowest BCUT2D eigenvalue weighted by Crippen LogP contribution is -2.40. The van der Waals surface area contributed by atoms with Gasteiger partial charge < -0.3 is 15.1 Å². The molecular formula is C13H27N3O4. The van der Waals surface area contributed by atoms with E-state index in [9.17, 15) is 9.59 Å². The number of carboxylic acid groups (broad SMARTS) is 2. The predicted octanol–water partition coefficient (Wildman–Crippen LogP) is -0.269. The van der Waals surface area contributed by atoms with Gasteiger partial charge >= 0.3 is 11.9 Å². The molecule has 0 aliphatic rings. The Kier molecular flexibility index (Phi) is 9.96. The Hall–Kier alpha value is -1.18. The zero-order valence-corrected chi connectivity index (χ0v) is 12.7. The maximum Gasteiger partial charge on any atom is 0.317 e. The zero-order chi connectivity index (χ0) is 15.5. The van der Waals surface area contributed by atoms with Crippen LogP contribution in [-0.4, -0.2) is 96.3 Å². The van der Waals surface area contributed by atoms with Gasteiger partial charge in [-0.25, -0.2) is 0 Å². The second-order valence-corrected chi connectivity index (χ2v) is 4.83. The molecule has 0 heterocycles. The quantitative estimate of drug-likeness (QED) is 0.511. The summed E-state index contributed by atoms with van der Waals surface area (Å²) >= 11 is 0. The monoisotopic (exact) mass is 289 g/mol. The maximum atomic E-state index is 10.7. The topological polar surface area (TPSA) is 84.3 Å². The molecule has 0 aliphatic heterocycles. The van der Waals surface area contributed by atoms with Crippen molar-refractivity contribution in [2.24, 2.45) is 0 Å². The van der Waals surface area contributed by atoms with Crippen LogP contribution < -0.4 is 0 Å². The number of likely N-dealkylation sites (N-methyl/N-ethyl adjacent to an activating group) is 3. The summed E-state index contributed by atoms with van der Waals surface area (Å²) in [7, 11) is 1.96. The van der Waals surface area contributed by atoms with Gasteiger partial charge in [0.25, 0.3) is 0 Å². The van der Waals surface area contributed by atoms with Crippen molar-refractivity contribution in [3.8, 4) is 0 Å². The summed E-state index contributed by atoms with van der Waals surface area (Å²) in [6, 6.07) is 0. The summed E-state index contributed by atoms with van der Waals surface area (Å²) in [5.41, 5.74) is 0. The molecule has 0 aromatic heterocycles. The second kappa shape index (κ2) is 10.6. The number of rotatable bonds is 12. The Morgan fingerprint density at radius 3 is 1.40 bits per heavy atom. The van der Waals surface area contributed by atoms with Crippen molar-refractivity contribution in [3.63, 3.8) is 0 Å². The highest BCUT2D eigenvalue weighted by molar-refractivity contribution is 5.69. The summed E-state index contributed by atoms with van der Waals surface area (Å²) < 4.78 is 0. The molecule has 20 heavy (non-hydrogen) atoms. The first-order chi connectivity index (χ1) is 9.38. The Labute approximate surface area is 120 Å². The minimum Gasteiger partial charge on any atom is -0.480 e. The Balaban J connectivity index is 3.94. The first kappa shape index (κ1) is 18.8. The molecular weight excluding hydrogens is 262 g/mol. The number of carboxylic acids is 2. The SMILES string of the molecule is CCN(CCN(C)CCN(CC)CC(=O)O)CC(=O)O. The first-order valence-corrected chi connectivity index (χ1v) is 6.95. The highest BCUT2D eigenvalue weighted by Crippen LogP contribution is 1.93. The summed E-state index contributed by atoms with van der Waals surface area (Å²) in [6.45, 7) is 8.35. The molecule has 0 fully saturated rings. The molecule has 0 spiro atoms. The third-order valence-corrected chi connectivity index (χ3v) is 3.21. The van der Waals surface area contributed by atoms with Crippen LogP contribution in [0.1, 0.15) is 13.8 Å². The predicted molar refractivity (Wildman–Crippen MR) is 77.0 cm³/mol. The van der Waals surface area contributed by atoms with E-state index < -0.39 is 11.9 Å². The molecule has 0 aromatic carbocycles. The van der Waals surface area contributed by atoms with Crippen molar-refractivity contribution in [2.75, 3.05) is 59.4 Å². The van der Waals surface area contributed by atoms with Crippen LogP contribution in [0.5, 0.6) is 0 Å². The minimum absolute atomic E-state index is 0.0600. The van der Waals surface area contributed by atoms with E-state index in [0.717, 1.165) is 13.1 Å². The van der Waals surface area contributed by atoms with Gasteiger partial charge in [-0.1, -0.05) is 13.8 Å². The fraction of sp³-hybridized carbons (Fsp3) is 0.846. The van der Waals surface area contributed by atoms with Crippen LogP contribution in [0.25, 0.3) is 0 Å². The van der Waals surface area contributed by atoms with E-state index in [1.807, 2.05) is 30.7 Å². The molecule has 7 heteroatoms. The average molecular weight is 289 g/mol. The molecule has 0 radical (unpaired) electrons. The van der Waals surface area contributed by atoms with Crippen LogP contribution in [0, 0.1) is 0 Å². The number of hydrogen-bond acceptors (Lipinski definition) is 5. The lowest BCUT2D eigenvalue weighted by molar-refractivity contribution is -0.139. The van der Waals surface area contributed by atoms with E-state index >= 15 is 0 Å². The van der Waals surface area contributed by atoms with Crippen molar-refractivity contribution >= 4 is 11.9 Å². The van der Waals surface area contributed by atoms with E-state index in [4.69, 9.17) is 10.2 Å². The van der Waals surface area contributed by atoms with Gasteiger partial charge in [-0.3, -0.25) is 19.4 Å². The third kappa shape index (κ3) is 9.71. The van der Waals surface area contributed by atoms with Gasteiger partial charge in [0, 0.05) is 26.2 Å². The summed E-state index contributed by atoms with van der Waals surface area (Å²) in [5.74, 6) is -1.62. The van der Waals surface area contributed by atoms with E-state index in [0.29, 0.717) is 26.2 Å². The molecule has 0 aromatic rings. The fourth-order valence-corrected chi connectivity index (χ4v) is 1.82. The fourth-order valence-electron chi connectivity index (χ4n) is 1.82. The molecule has 0 amide bonds. The molecule has 0 saturated heterocycles. The largest absolute Gasteiger partial charge is 0.480 e. The Morgan fingerprint density at radius 2 is 1.15 bits per heavy atom. The van der Waals surface area contributed by atoms with Gasteiger partial charge in [0.2, 0.25) is 0 Å². The van der Waals surface area contributed by atoms with E-state index in [-0.39, 0.29) is 13.1 Å². The molecule has 0 saturated carbocycles. The van der Waals surface area contributed by atoms with Gasteiger partial charge in [-0.15, -0.1) is 0 Å². The lowest BCUT2D eigenvalue weighted by Gasteiger charge is -2.25. The number of aliphatic carboxylic acids is 2. The van der Waals surface area contributed by atoms with Gasteiger partial charge in [-0.05, 0) is 20.1 Å². The molecule has 7 nitrogen and oxygen atoms in total. The van der Waals surface area contributed by atoms with Crippen molar-refractivity contribution in [3.05, 3.63) is 0 Å². The van der Waals surface area contributed by atoms with Crippen LogP contribution in [0.15, 0.2) is 0 Å². The van der Waals surface area contributed by atoms with E-state index in [1.165, 1.54) is 0 Å². The molecule has 2 N–H and O–H groups in total. The minimum atomic E-state index is -0.812. The zero-order valence-electron chi connectivity index (χ0n) is 12.7. The molecule has 0 bridgehead atoms. The maximum absolute atomic E-state index is 10.7. The van der Waals surface area contributed by atoms with Gasteiger partial charge in [0.15, 0.2) is 0 Å². The molecule has 0 unspecified atom stereocenters. The van der Waals surface area contributed by atoms with Gasteiger partial charge in [-0.2, -0.15) is 0 Å². The smallest absolute Gasteiger partial charge is 0.317 e. The van der Waals surface area contributed by atoms with Crippen LogP contribution in [0.2, 0.25) is 0 Å². The summed E-state index contributed by atoms with van der Waals surface area (Å²) in [4.78, 5) is 27.1. The Morgan fingerprint density at radius 1 is 0.800 bits per heavy atom. The van der Waals surface area contributed by atoms with Gasteiger partial charge in [0.1, 0.15) is 0 Å². The number of carbonyl (C=O) groups is 2. The second-order valence-electron chi connectivity index (χ2n) is 4.83. The Bertz CT molecular complexity index is 271. The van der Waals surface area contributed by atoms with E-state index in [1.54, 1.807) is 0 Å². The highest BCUT2D eigenvalue weighted by atomic mass is 16.4. The van der Waals surface area contributed by atoms with Crippen LogP contribution in [0.3, 0.4) is 0 Å². The standard InChI is InChI=1S/C13H27N3O4/c1-4-15(10-12(17)18)8-6-14(3)7-9-16(5-2)11-13(19)20/h4-11H2,1-3H3,(H,17,18)(H,19,20). The summed E-state index contributed by atoms with van der Waals surface area (Å²) in [6.07, 6.45) is 0. The summed E-state index contributed by atoms with van der Waals surface area (Å²) in [5, 5.41) is 17.5. The molecule has 0 aliphatic carbocycles. The van der Waals surface area contributed by atoms with Crippen molar-refractivity contribution in [2.45, 2.75) is 13.8 Å². The van der Waals surface area contributed by atoms with E-state index in [2.05, 4.69) is 4.90 Å². The molecule has 0 atom stereocenters.